The van der Waals surface area contributed by atoms with Crippen LogP contribution in [-0.2, 0) is 6.42 Å². The monoisotopic (exact) mass is 303 g/mol. The number of rotatable bonds is 5. The molecule has 0 bridgehead atoms. The predicted molar refractivity (Wildman–Crippen MR) is 87.5 cm³/mol. The minimum absolute atomic E-state index is 0.0527. The number of hydrogen-bond acceptors (Lipinski definition) is 2. The molecule has 0 spiro atoms. The van der Waals surface area contributed by atoms with E-state index in [1.54, 1.807) is 12.1 Å². The number of thiophene rings is 1. The second kappa shape index (κ2) is 6.29. The van der Waals surface area contributed by atoms with Gasteiger partial charge in [-0.2, -0.15) is 0 Å². The number of hydrogen-bond donors (Lipinski definition) is 1. The third-order valence-corrected chi connectivity index (χ3v) is 5.33. The molecule has 1 aromatic carbocycles. The van der Waals surface area contributed by atoms with Gasteiger partial charge in [0.15, 0.2) is 0 Å². The lowest BCUT2D eigenvalue weighted by Crippen LogP contribution is -2.45. The Kier molecular flexibility index (Phi) is 4.41. The van der Waals surface area contributed by atoms with Crippen LogP contribution >= 0.6 is 11.3 Å². The summed E-state index contributed by atoms with van der Waals surface area (Å²) in [5.41, 5.74) is 0.886. The average molecular weight is 303 g/mol. The molecule has 0 amide bonds. The molecule has 1 fully saturated rings. The van der Waals surface area contributed by atoms with Crippen molar-refractivity contribution in [1.82, 2.24) is 5.32 Å². The Morgan fingerprint density at radius 2 is 2.00 bits per heavy atom. The van der Waals surface area contributed by atoms with Crippen molar-refractivity contribution in [3.8, 4) is 0 Å². The third kappa shape index (κ3) is 3.53. The van der Waals surface area contributed by atoms with Crippen molar-refractivity contribution in [1.29, 1.82) is 0 Å². The van der Waals surface area contributed by atoms with E-state index in [-0.39, 0.29) is 5.82 Å². The first-order valence-electron chi connectivity index (χ1n) is 7.67. The van der Waals surface area contributed by atoms with Crippen molar-refractivity contribution in [2.45, 2.75) is 51.1 Å². The van der Waals surface area contributed by atoms with Crippen molar-refractivity contribution in [3.63, 3.8) is 0 Å². The molecule has 112 valence electrons. The first-order chi connectivity index (χ1) is 10.1. The maximum atomic E-state index is 13.7. The zero-order valence-electron chi connectivity index (χ0n) is 12.6. The molecule has 0 radical (unpaired) electrons. The van der Waals surface area contributed by atoms with E-state index in [1.807, 2.05) is 23.5 Å². The smallest absolute Gasteiger partial charge is 0.126 e. The number of aryl methyl sites for hydroxylation is 1. The van der Waals surface area contributed by atoms with E-state index >= 15 is 0 Å². The summed E-state index contributed by atoms with van der Waals surface area (Å²) in [4.78, 5) is 2.82. The lowest BCUT2D eigenvalue weighted by Gasteiger charge is -2.38. The van der Waals surface area contributed by atoms with Crippen LogP contribution in [0.3, 0.4) is 0 Å². The molecule has 1 nitrogen and oxygen atoms in total. The Morgan fingerprint density at radius 1 is 1.24 bits per heavy atom. The Balaban J connectivity index is 1.47. The van der Waals surface area contributed by atoms with E-state index in [1.165, 1.54) is 9.75 Å². The van der Waals surface area contributed by atoms with Crippen molar-refractivity contribution < 1.29 is 4.39 Å². The molecule has 2 aromatic rings. The number of halogens is 1. The van der Waals surface area contributed by atoms with Crippen LogP contribution in [0.15, 0.2) is 36.4 Å². The van der Waals surface area contributed by atoms with Crippen molar-refractivity contribution >= 4 is 11.3 Å². The molecule has 0 saturated heterocycles. The van der Waals surface area contributed by atoms with Gasteiger partial charge in [-0.05, 0) is 62.8 Å². The third-order valence-electron chi connectivity index (χ3n) is 4.31. The summed E-state index contributed by atoms with van der Waals surface area (Å²) in [7, 11) is 0. The fourth-order valence-electron chi connectivity index (χ4n) is 3.17. The zero-order valence-corrected chi connectivity index (χ0v) is 13.4. The Bertz CT molecular complexity index is 601. The fraction of sp³-hybridized carbons (Fsp3) is 0.444. The van der Waals surface area contributed by atoms with Crippen molar-refractivity contribution in [2.24, 2.45) is 0 Å². The van der Waals surface area contributed by atoms with Crippen LogP contribution in [0, 0.1) is 12.7 Å². The molecule has 1 aromatic heterocycles. The first kappa shape index (κ1) is 14.7. The zero-order chi connectivity index (χ0) is 14.8. The van der Waals surface area contributed by atoms with Gasteiger partial charge in [-0.15, -0.1) is 11.3 Å². The summed E-state index contributed by atoms with van der Waals surface area (Å²) in [6, 6.07) is 12.6. The summed E-state index contributed by atoms with van der Waals surface area (Å²) in [5, 5.41) is 3.68. The van der Waals surface area contributed by atoms with E-state index < -0.39 is 0 Å². The van der Waals surface area contributed by atoms with Crippen molar-refractivity contribution in [2.75, 3.05) is 0 Å². The highest BCUT2D eigenvalue weighted by Gasteiger charge is 2.32. The Morgan fingerprint density at radius 3 is 2.67 bits per heavy atom. The van der Waals surface area contributed by atoms with Gasteiger partial charge in [-0.25, -0.2) is 4.39 Å². The molecule has 1 N–H and O–H groups in total. The van der Waals surface area contributed by atoms with Gasteiger partial charge in [0.25, 0.3) is 0 Å². The molecule has 1 aliphatic rings. The van der Waals surface area contributed by atoms with Gasteiger partial charge in [-0.1, -0.05) is 18.2 Å². The molecule has 3 heteroatoms. The lowest BCUT2D eigenvalue weighted by molar-refractivity contribution is 0.265. The molecule has 1 heterocycles. The van der Waals surface area contributed by atoms with Crippen LogP contribution in [0.5, 0.6) is 0 Å². The Labute approximate surface area is 130 Å². The number of benzene rings is 1. The lowest BCUT2D eigenvalue weighted by atomic mass is 9.75. The topological polar surface area (TPSA) is 12.0 Å². The highest BCUT2D eigenvalue weighted by Crippen LogP contribution is 2.38. The first-order valence-corrected chi connectivity index (χ1v) is 8.49. The maximum absolute atomic E-state index is 13.7. The summed E-state index contributed by atoms with van der Waals surface area (Å²) in [6.45, 7) is 4.39. The quantitative estimate of drug-likeness (QED) is 0.847. The highest BCUT2D eigenvalue weighted by atomic mass is 32.1. The minimum Gasteiger partial charge on any atom is -0.311 e. The van der Waals surface area contributed by atoms with Crippen molar-refractivity contribution in [3.05, 3.63) is 57.5 Å². The minimum atomic E-state index is -0.0527. The van der Waals surface area contributed by atoms with Gasteiger partial charge in [0, 0.05) is 21.8 Å². The van der Waals surface area contributed by atoms with E-state index in [0.717, 1.165) is 24.8 Å². The van der Waals surface area contributed by atoms with E-state index in [2.05, 4.69) is 31.3 Å². The largest absolute Gasteiger partial charge is 0.311 e. The molecule has 3 rings (SSSR count). The predicted octanol–water partition coefficient (Wildman–Crippen LogP) is 4.66. The molecule has 1 aliphatic carbocycles. The van der Waals surface area contributed by atoms with Gasteiger partial charge in [0.05, 0.1) is 0 Å². The van der Waals surface area contributed by atoms with Crippen LogP contribution in [0.1, 0.15) is 41.0 Å². The second-order valence-corrected chi connectivity index (χ2v) is 7.54. The SMILES string of the molecule is Cc1ccc(CC(C)NC2CC(c3ccccc3F)C2)s1. The molecular weight excluding hydrogens is 281 g/mol. The van der Waals surface area contributed by atoms with E-state index in [4.69, 9.17) is 0 Å². The van der Waals surface area contributed by atoms with Gasteiger partial charge in [-0.3, -0.25) is 0 Å². The number of nitrogens with one attached hydrogen (secondary N) is 1. The average Bonchev–Trinajstić information content (AvgIpc) is 2.80. The van der Waals surface area contributed by atoms with Gasteiger partial charge >= 0.3 is 0 Å². The summed E-state index contributed by atoms with van der Waals surface area (Å²) >= 11 is 1.88. The molecule has 1 unspecified atom stereocenters. The summed E-state index contributed by atoms with van der Waals surface area (Å²) < 4.78 is 13.7. The Hall–Kier alpha value is -1.19. The van der Waals surface area contributed by atoms with Crippen LogP contribution in [0.25, 0.3) is 0 Å². The summed E-state index contributed by atoms with van der Waals surface area (Å²) in [5.74, 6) is 0.336. The molecule has 1 saturated carbocycles. The normalized spacial score (nSPS) is 22.8. The molecule has 1 atom stereocenters. The van der Waals surface area contributed by atoms with Gasteiger partial charge < -0.3 is 5.32 Å². The van der Waals surface area contributed by atoms with Crippen LogP contribution in [0.2, 0.25) is 0 Å². The van der Waals surface area contributed by atoms with Crippen LogP contribution < -0.4 is 5.32 Å². The van der Waals surface area contributed by atoms with E-state index in [0.29, 0.717) is 18.0 Å². The summed E-state index contributed by atoms with van der Waals surface area (Å²) in [6.07, 6.45) is 3.18. The van der Waals surface area contributed by atoms with Crippen LogP contribution in [0.4, 0.5) is 4.39 Å². The fourth-order valence-corrected chi connectivity index (χ4v) is 4.19. The highest BCUT2D eigenvalue weighted by molar-refractivity contribution is 7.11. The molecule has 0 aliphatic heterocycles. The van der Waals surface area contributed by atoms with Gasteiger partial charge in [0.1, 0.15) is 5.82 Å². The van der Waals surface area contributed by atoms with E-state index in [9.17, 15) is 4.39 Å². The molecular formula is C18H22FNS. The maximum Gasteiger partial charge on any atom is 0.126 e. The molecule has 21 heavy (non-hydrogen) atoms. The van der Waals surface area contributed by atoms with Gasteiger partial charge in [0.2, 0.25) is 0 Å². The standard InChI is InChI=1S/C18H22FNS/c1-12(9-16-8-7-13(2)21-16)20-15-10-14(11-15)17-5-3-4-6-18(17)19/h3-8,12,14-15,20H,9-11H2,1-2H3. The second-order valence-electron chi connectivity index (χ2n) is 6.17. The van der Waals surface area contributed by atoms with Crippen LogP contribution in [-0.4, -0.2) is 12.1 Å².